The number of imidazole rings is 1. The van der Waals surface area contributed by atoms with Crippen molar-refractivity contribution in [1.82, 2.24) is 19.0 Å². The second-order valence-electron chi connectivity index (χ2n) is 9.69. The van der Waals surface area contributed by atoms with Crippen LogP contribution < -0.4 is 0 Å². The Balaban J connectivity index is 1.42. The average molecular weight is 475 g/mol. The van der Waals surface area contributed by atoms with Crippen molar-refractivity contribution in [2.75, 3.05) is 13.1 Å². The minimum atomic E-state index is 0.0990. The fraction of sp³-hybridized carbons (Fsp3) is 0.357. The number of aromatic nitrogens is 3. The minimum Gasteiger partial charge on any atom is -0.341 e. The van der Waals surface area contributed by atoms with Crippen LogP contribution in [0.5, 0.6) is 0 Å². The van der Waals surface area contributed by atoms with Crippen LogP contribution >= 0.6 is 11.6 Å². The van der Waals surface area contributed by atoms with E-state index in [1.165, 1.54) is 11.1 Å². The Labute approximate surface area is 206 Å². The molecule has 4 aromatic rings. The summed E-state index contributed by atoms with van der Waals surface area (Å²) < 4.78 is 4.11. The zero-order chi connectivity index (χ0) is 23.9. The number of hydrogen-bond acceptors (Lipinski definition) is 2. The first-order valence-electron chi connectivity index (χ1n) is 12.0. The summed E-state index contributed by atoms with van der Waals surface area (Å²) in [4.78, 5) is 20.0. The van der Waals surface area contributed by atoms with E-state index in [0.29, 0.717) is 11.6 Å². The minimum absolute atomic E-state index is 0.0990. The first-order valence-corrected chi connectivity index (χ1v) is 12.4. The van der Waals surface area contributed by atoms with Gasteiger partial charge in [0.25, 0.3) is 5.91 Å². The molecule has 1 aliphatic heterocycles. The number of amides is 1. The van der Waals surface area contributed by atoms with Gasteiger partial charge >= 0.3 is 0 Å². The Morgan fingerprint density at radius 1 is 1.15 bits per heavy atom. The zero-order valence-corrected chi connectivity index (χ0v) is 20.8. The van der Waals surface area contributed by atoms with Gasteiger partial charge in [-0.05, 0) is 47.9 Å². The van der Waals surface area contributed by atoms with Gasteiger partial charge in [0.1, 0.15) is 0 Å². The maximum atomic E-state index is 13.7. The molecule has 5 rings (SSSR count). The van der Waals surface area contributed by atoms with Crippen molar-refractivity contribution in [3.8, 4) is 0 Å². The highest BCUT2D eigenvalue weighted by Crippen LogP contribution is 2.38. The van der Waals surface area contributed by atoms with Gasteiger partial charge in [0, 0.05) is 42.9 Å². The molecule has 0 N–H and O–H groups in total. The molecule has 1 saturated heterocycles. The van der Waals surface area contributed by atoms with Crippen molar-refractivity contribution in [2.24, 2.45) is 7.05 Å². The van der Waals surface area contributed by atoms with E-state index in [4.69, 9.17) is 11.6 Å². The van der Waals surface area contributed by atoms with E-state index in [1.54, 1.807) is 6.33 Å². The second kappa shape index (κ2) is 8.95. The van der Waals surface area contributed by atoms with Gasteiger partial charge in [0.15, 0.2) is 0 Å². The molecule has 1 amide bonds. The summed E-state index contributed by atoms with van der Waals surface area (Å²) in [5.74, 6) is 0.0990. The average Bonchev–Trinajstić information content (AvgIpc) is 3.42. The molecule has 0 aliphatic carbocycles. The Kier molecular flexibility index (Phi) is 5.98. The molecule has 6 heteroatoms. The number of piperidine rings is 1. The van der Waals surface area contributed by atoms with Gasteiger partial charge in [-0.25, -0.2) is 4.98 Å². The third-order valence-corrected chi connectivity index (χ3v) is 7.76. The van der Waals surface area contributed by atoms with Crippen LogP contribution in [-0.2, 0) is 25.4 Å². The molecule has 0 saturated carbocycles. The van der Waals surface area contributed by atoms with Crippen LogP contribution in [0, 0.1) is 0 Å². The fourth-order valence-corrected chi connectivity index (χ4v) is 5.50. The molecular formula is C28H31ClN4O. The van der Waals surface area contributed by atoms with Crippen LogP contribution in [0.2, 0.25) is 5.02 Å². The summed E-state index contributed by atoms with van der Waals surface area (Å²) in [5, 5.41) is 1.61. The van der Waals surface area contributed by atoms with Crippen molar-refractivity contribution in [3.63, 3.8) is 0 Å². The van der Waals surface area contributed by atoms with Gasteiger partial charge in [-0.15, -0.1) is 0 Å². The highest BCUT2D eigenvalue weighted by Gasteiger charge is 2.35. The van der Waals surface area contributed by atoms with Crippen LogP contribution in [-0.4, -0.2) is 38.0 Å². The lowest BCUT2D eigenvalue weighted by atomic mass is 9.72. The Morgan fingerprint density at radius 3 is 2.62 bits per heavy atom. The first-order chi connectivity index (χ1) is 16.4. The lowest BCUT2D eigenvalue weighted by molar-refractivity contribution is 0.0677. The van der Waals surface area contributed by atoms with Crippen molar-refractivity contribution < 1.29 is 4.79 Å². The molecule has 0 atom stereocenters. The molecule has 0 spiro atoms. The molecule has 0 radical (unpaired) electrons. The summed E-state index contributed by atoms with van der Waals surface area (Å²) in [6, 6.07) is 14.5. The fourth-order valence-electron chi connectivity index (χ4n) is 5.34. The van der Waals surface area contributed by atoms with E-state index in [0.717, 1.165) is 54.5 Å². The van der Waals surface area contributed by atoms with E-state index in [-0.39, 0.29) is 11.3 Å². The van der Waals surface area contributed by atoms with Crippen molar-refractivity contribution >= 4 is 28.4 Å². The predicted octanol–water partition coefficient (Wildman–Crippen LogP) is 5.83. The van der Waals surface area contributed by atoms with Crippen LogP contribution in [0.4, 0.5) is 0 Å². The number of aryl methyl sites for hydroxylation is 2. The predicted molar refractivity (Wildman–Crippen MR) is 138 cm³/mol. The third kappa shape index (κ3) is 4.03. The molecular weight excluding hydrogens is 444 g/mol. The number of carbonyl (C=O) groups excluding carboxylic acids is 1. The van der Waals surface area contributed by atoms with Crippen LogP contribution in [0.1, 0.15) is 53.9 Å². The SMILES string of the molecule is CCc1ccccc1C1(C)CCN(C(=O)c2cn(Cc3cncn3C)c3cc(Cl)ccc23)CC1. The van der Waals surface area contributed by atoms with Crippen molar-refractivity contribution in [1.29, 1.82) is 0 Å². The first kappa shape index (κ1) is 22.7. The number of benzene rings is 2. The topological polar surface area (TPSA) is 43.1 Å². The number of nitrogens with zero attached hydrogens (tertiary/aromatic N) is 4. The van der Waals surface area contributed by atoms with Crippen LogP contribution in [0.25, 0.3) is 10.9 Å². The molecule has 1 aliphatic rings. The van der Waals surface area contributed by atoms with E-state index in [2.05, 4.69) is 47.7 Å². The quantitative estimate of drug-likeness (QED) is 0.365. The molecule has 1 fully saturated rings. The maximum Gasteiger partial charge on any atom is 0.256 e. The molecule has 0 unspecified atom stereocenters. The number of rotatable bonds is 5. The number of halogens is 1. The lowest BCUT2D eigenvalue weighted by Crippen LogP contribution is -2.44. The normalized spacial score (nSPS) is 15.7. The smallest absolute Gasteiger partial charge is 0.256 e. The summed E-state index contributed by atoms with van der Waals surface area (Å²) in [5.41, 5.74) is 5.73. The maximum absolute atomic E-state index is 13.7. The molecule has 5 nitrogen and oxygen atoms in total. The summed E-state index contributed by atoms with van der Waals surface area (Å²) in [7, 11) is 1.98. The standard InChI is InChI=1S/C28H31ClN4O/c1-4-20-7-5-6-8-25(20)28(2)11-13-32(14-12-28)27(34)24-18-33(17-22-16-30-19-31(22)3)26-15-21(29)9-10-23(24)26/h5-10,15-16,18-19H,4,11-14,17H2,1-3H3. The number of carbonyl (C=O) groups is 1. The van der Waals surface area contributed by atoms with Gasteiger partial charge in [-0.3, -0.25) is 4.79 Å². The van der Waals surface area contributed by atoms with Crippen LogP contribution in [0.15, 0.2) is 61.2 Å². The van der Waals surface area contributed by atoms with Crippen molar-refractivity contribution in [2.45, 2.75) is 45.1 Å². The summed E-state index contributed by atoms with van der Waals surface area (Å²) in [6.45, 7) is 6.72. The van der Waals surface area contributed by atoms with E-state index in [9.17, 15) is 4.79 Å². The van der Waals surface area contributed by atoms with Gasteiger partial charge in [0.2, 0.25) is 0 Å². The Hall–Kier alpha value is -3.05. The number of likely N-dealkylation sites (tertiary alicyclic amines) is 1. The van der Waals surface area contributed by atoms with Gasteiger partial charge in [0.05, 0.1) is 29.6 Å². The van der Waals surface area contributed by atoms with E-state index in [1.807, 2.05) is 47.1 Å². The molecule has 34 heavy (non-hydrogen) atoms. The number of hydrogen-bond donors (Lipinski definition) is 0. The summed E-state index contributed by atoms with van der Waals surface area (Å²) in [6.07, 6.45) is 8.60. The zero-order valence-electron chi connectivity index (χ0n) is 20.1. The van der Waals surface area contributed by atoms with Gasteiger partial charge in [-0.2, -0.15) is 0 Å². The molecule has 176 valence electrons. The molecule has 2 aromatic carbocycles. The third-order valence-electron chi connectivity index (χ3n) is 7.53. The molecule has 0 bridgehead atoms. The molecule has 2 aromatic heterocycles. The highest BCUT2D eigenvalue weighted by molar-refractivity contribution is 6.31. The van der Waals surface area contributed by atoms with Crippen LogP contribution in [0.3, 0.4) is 0 Å². The van der Waals surface area contributed by atoms with Crippen molar-refractivity contribution in [3.05, 3.63) is 88.6 Å². The largest absolute Gasteiger partial charge is 0.341 e. The lowest BCUT2D eigenvalue weighted by Gasteiger charge is -2.40. The second-order valence-corrected chi connectivity index (χ2v) is 10.1. The monoisotopic (exact) mass is 474 g/mol. The molecule has 3 heterocycles. The van der Waals surface area contributed by atoms with Gasteiger partial charge < -0.3 is 14.0 Å². The number of fused-ring (bicyclic) bond motifs is 1. The van der Waals surface area contributed by atoms with E-state index >= 15 is 0 Å². The Morgan fingerprint density at radius 2 is 1.91 bits per heavy atom. The van der Waals surface area contributed by atoms with Gasteiger partial charge in [-0.1, -0.05) is 55.8 Å². The summed E-state index contributed by atoms with van der Waals surface area (Å²) >= 11 is 6.33. The van der Waals surface area contributed by atoms with E-state index < -0.39 is 0 Å². The highest BCUT2D eigenvalue weighted by atomic mass is 35.5. The Bertz CT molecular complexity index is 1340.